The van der Waals surface area contributed by atoms with Crippen molar-refractivity contribution in [2.24, 2.45) is 11.8 Å². The van der Waals surface area contributed by atoms with Crippen molar-refractivity contribution in [3.63, 3.8) is 0 Å². The van der Waals surface area contributed by atoms with E-state index in [1.54, 1.807) is 6.92 Å². The Hall–Kier alpha value is -1.86. The third kappa shape index (κ3) is 3.37. The van der Waals surface area contributed by atoms with E-state index in [4.69, 9.17) is 10.00 Å². The Kier molecular flexibility index (Phi) is 4.75. The molecule has 1 fully saturated rings. The van der Waals surface area contributed by atoms with Crippen molar-refractivity contribution in [3.8, 4) is 6.07 Å². The topological polar surface area (TPSA) is 70.3 Å². The van der Waals surface area contributed by atoms with Crippen LogP contribution in [-0.4, -0.2) is 17.7 Å². The second kappa shape index (κ2) is 6.53. The van der Waals surface area contributed by atoms with Gasteiger partial charge in [0.25, 0.3) is 0 Å². The number of carbonyl (C=O) groups is 1. The molecule has 0 saturated heterocycles. The molecule has 1 aliphatic carbocycles. The van der Waals surface area contributed by atoms with Gasteiger partial charge in [-0.15, -0.1) is 0 Å². The minimum atomic E-state index is -0.226. The summed E-state index contributed by atoms with van der Waals surface area (Å²) in [5, 5.41) is 18.2. The van der Waals surface area contributed by atoms with E-state index in [1.165, 1.54) is 0 Å². The summed E-state index contributed by atoms with van der Waals surface area (Å²) in [6.07, 6.45) is 1.13. The van der Waals surface area contributed by atoms with E-state index in [0.29, 0.717) is 13.0 Å². The molecule has 0 radical (unpaired) electrons. The summed E-state index contributed by atoms with van der Waals surface area (Å²) in [5.41, 5.74) is 1.83. The van der Waals surface area contributed by atoms with Crippen LogP contribution in [0.3, 0.4) is 0 Å². The van der Waals surface area contributed by atoms with E-state index in [2.05, 4.69) is 6.07 Å². The van der Waals surface area contributed by atoms with E-state index in [9.17, 15) is 9.90 Å². The van der Waals surface area contributed by atoms with Crippen LogP contribution in [0.2, 0.25) is 0 Å². The lowest BCUT2D eigenvalue weighted by atomic mass is 9.89. The van der Waals surface area contributed by atoms with Gasteiger partial charge in [-0.2, -0.15) is 5.26 Å². The van der Waals surface area contributed by atoms with E-state index < -0.39 is 0 Å². The van der Waals surface area contributed by atoms with E-state index >= 15 is 0 Å². The van der Waals surface area contributed by atoms with Crippen molar-refractivity contribution in [1.29, 1.82) is 5.26 Å². The third-order valence-corrected chi connectivity index (χ3v) is 3.78. The number of benzene rings is 1. The first-order valence-corrected chi connectivity index (χ1v) is 6.94. The summed E-state index contributed by atoms with van der Waals surface area (Å²) in [4.78, 5) is 11.8. The molecular formula is C16H19NO3. The van der Waals surface area contributed by atoms with Gasteiger partial charge >= 0.3 is 5.97 Å². The average molecular weight is 273 g/mol. The lowest BCUT2D eigenvalue weighted by Crippen LogP contribution is -2.13. The van der Waals surface area contributed by atoms with Gasteiger partial charge in [0.05, 0.1) is 31.6 Å². The number of esters is 1. The number of nitriles is 1. The van der Waals surface area contributed by atoms with Crippen LogP contribution in [0.5, 0.6) is 0 Å². The van der Waals surface area contributed by atoms with Crippen molar-refractivity contribution in [1.82, 2.24) is 0 Å². The highest BCUT2D eigenvalue weighted by molar-refractivity contribution is 5.70. The predicted molar refractivity (Wildman–Crippen MR) is 73.6 cm³/mol. The maximum atomic E-state index is 11.8. The molecule has 1 aromatic rings. The maximum Gasteiger partial charge on any atom is 0.306 e. The first kappa shape index (κ1) is 14.5. The van der Waals surface area contributed by atoms with E-state index in [-0.39, 0.29) is 30.3 Å². The largest absolute Gasteiger partial charge is 0.466 e. The highest BCUT2D eigenvalue weighted by atomic mass is 16.5. The summed E-state index contributed by atoms with van der Waals surface area (Å²) < 4.78 is 5.03. The van der Waals surface area contributed by atoms with Gasteiger partial charge in [0.2, 0.25) is 0 Å². The molecule has 0 amide bonds. The fourth-order valence-corrected chi connectivity index (χ4v) is 2.65. The molecule has 3 atom stereocenters. The number of aliphatic hydroxyl groups is 1. The summed E-state index contributed by atoms with van der Waals surface area (Å²) in [6, 6.07) is 9.86. The highest BCUT2D eigenvalue weighted by Crippen LogP contribution is 2.49. The molecule has 2 rings (SSSR count). The molecule has 4 nitrogen and oxygen atoms in total. The van der Waals surface area contributed by atoms with Crippen LogP contribution in [0, 0.1) is 23.2 Å². The summed E-state index contributed by atoms with van der Waals surface area (Å²) in [7, 11) is 0. The van der Waals surface area contributed by atoms with Crippen LogP contribution in [-0.2, 0) is 16.1 Å². The first-order chi connectivity index (χ1) is 9.69. The fraction of sp³-hybridized carbons (Fsp3) is 0.500. The Morgan fingerprint density at radius 2 is 2.40 bits per heavy atom. The quantitative estimate of drug-likeness (QED) is 0.808. The number of nitrogens with zero attached hydrogens (tertiary/aromatic N) is 1. The van der Waals surface area contributed by atoms with Gasteiger partial charge in [0.1, 0.15) is 0 Å². The number of hydrogen-bond acceptors (Lipinski definition) is 4. The lowest BCUT2D eigenvalue weighted by molar-refractivity contribution is -0.143. The highest BCUT2D eigenvalue weighted by Gasteiger charge is 2.44. The molecule has 1 saturated carbocycles. The number of ether oxygens (including phenoxy) is 1. The molecule has 0 aromatic heterocycles. The van der Waals surface area contributed by atoms with Gasteiger partial charge in [0.15, 0.2) is 0 Å². The standard InChI is InChI=1S/C16H19NO3/c1-2-20-16(19)8-15(14-7-13(14)9-17)12-5-3-4-11(6-12)10-18/h3-6,13-15,18H,2,7-8,10H2,1H3. The Morgan fingerprint density at radius 1 is 1.60 bits per heavy atom. The zero-order valence-corrected chi connectivity index (χ0v) is 11.6. The Labute approximate surface area is 119 Å². The van der Waals surface area contributed by atoms with E-state index in [0.717, 1.165) is 17.5 Å². The van der Waals surface area contributed by atoms with Gasteiger partial charge in [-0.05, 0) is 36.3 Å². The van der Waals surface area contributed by atoms with Crippen molar-refractivity contribution >= 4 is 5.97 Å². The zero-order valence-electron chi connectivity index (χ0n) is 11.6. The van der Waals surface area contributed by atoms with Crippen LogP contribution in [0.1, 0.15) is 36.8 Å². The Morgan fingerprint density at radius 3 is 3.00 bits per heavy atom. The Bertz CT molecular complexity index is 521. The second-order valence-corrected chi connectivity index (χ2v) is 5.15. The lowest BCUT2D eigenvalue weighted by Gasteiger charge is -2.17. The second-order valence-electron chi connectivity index (χ2n) is 5.15. The molecule has 0 bridgehead atoms. The summed E-state index contributed by atoms with van der Waals surface area (Å²) in [5.74, 6) is 0.0336. The first-order valence-electron chi connectivity index (χ1n) is 6.94. The maximum absolute atomic E-state index is 11.8. The van der Waals surface area contributed by atoms with Crippen LogP contribution in [0.25, 0.3) is 0 Å². The minimum absolute atomic E-state index is 0.00481. The van der Waals surface area contributed by atoms with Crippen LogP contribution < -0.4 is 0 Å². The fourth-order valence-electron chi connectivity index (χ4n) is 2.65. The molecule has 106 valence electrons. The number of rotatable bonds is 6. The Balaban J connectivity index is 2.17. The molecule has 3 unspecified atom stereocenters. The average Bonchev–Trinajstić information content (AvgIpc) is 3.24. The number of carbonyl (C=O) groups excluding carboxylic acids is 1. The summed E-state index contributed by atoms with van der Waals surface area (Å²) in [6.45, 7) is 2.13. The van der Waals surface area contributed by atoms with Gasteiger partial charge in [-0.25, -0.2) is 0 Å². The van der Waals surface area contributed by atoms with Gasteiger partial charge in [-0.3, -0.25) is 4.79 Å². The predicted octanol–water partition coefficient (Wildman–Crippen LogP) is 2.38. The normalized spacial score (nSPS) is 21.9. The molecule has 4 heteroatoms. The smallest absolute Gasteiger partial charge is 0.306 e. The van der Waals surface area contributed by atoms with Crippen LogP contribution >= 0.6 is 0 Å². The van der Waals surface area contributed by atoms with Crippen LogP contribution in [0.4, 0.5) is 0 Å². The van der Waals surface area contributed by atoms with Crippen molar-refractivity contribution in [2.75, 3.05) is 6.61 Å². The number of hydrogen-bond donors (Lipinski definition) is 1. The molecule has 1 N–H and O–H groups in total. The van der Waals surface area contributed by atoms with Crippen LogP contribution in [0.15, 0.2) is 24.3 Å². The third-order valence-electron chi connectivity index (χ3n) is 3.78. The SMILES string of the molecule is CCOC(=O)CC(c1cccc(CO)c1)C1CC1C#N. The van der Waals surface area contributed by atoms with Gasteiger partial charge < -0.3 is 9.84 Å². The molecule has 1 aromatic carbocycles. The molecular weight excluding hydrogens is 254 g/mol. The minimum Gasteiger partial charge on any atom is -0.466 e. The molecule has 20 heavy (non-hydrogen) atoms. The monoisotopic (exact) mass is 273 g/mol. The number of aliphatic hydroxyl groups excluding tert-OH is 1. The molecule has 0 spiro atoms. The van der Waals surface area contributed by atoms with Gasteiger partial charge in [-0.1, -0.05) is 24.3 Å². The molecule has 1 aliphatic rings. The molecule has 0 heterocycles. The van der Waals surface area contributed by atoms with Crippen molar-refractivity contribution < 1.29 is 14.6 Å². The van der Waals surface area contributed by atoms with E-state index in [1.807, 2.05) is 24.3 Å². The zero-order chi connectivity index (χ0) is 14.5. The molecule has 0 aliphatic heterocycles. The van der Waals surface area contributed by atoms with Crippen molar-refractivity contribution in [3.05, 3.63) is 35.4 Å². The van der Waals surface area contributed by atoms with Crippen molar-refractivity contribution in [2.45, 2.75) is 32.3 Å². The van der Waals surface area contributed by atoms with Gasteiger partial charge in [0, 0.05) is 0 Å². The summed E-state index contributed by atoms with van der Waals surface area (Å²) >= 11 is 0.